The Morgan fingerprint density at radius 2 is 2.29 bits per heavy atom. The lowest BCUT2D eigenvalue weighted by Gasteiger charge is -2.14. The summed E-state index contributed by atoms with van der Waals surface area (Å²) in [4.78, 5) is 14.9. The Bertz CT molecular complexity index is 492. The molecule has 2 aromatic rings. The molecular weight excluding hydrogens is 302 g/mol. The van der Waals surface area contributed by atoms with Gasteiger partial charge in [0.05, 0.1) is 0 Å². The van der Waals surface area contributed by atoms with E-state index in [2.05, 4.69) is 22.0 Å². The zero-order chi connectivity index (χ0) is 12.3. The Hall–Kier alpha value is -1.07. The Balaban J connectivity index is 1.91. The van der Waals surface area contributed by atoms with Crippen molar-refractivity contribution < 1.29 is 9.21 Å². The van der Waals surface area contributed by atoms with Crippen LogP contribution in [0.5, 0.6) is 0 Å². The highest BCUT2D eigenvalue weighted by Crippen LogP contribution is 2.16. The lowest BCUT2D eigenvalue weighted by atomic mass is 10.3. The topological polar surface area (TPSA) is 33.5 Å². The molecule has 90 valence electrons. The van der Waals surface area contributed by atoms with E-state index in [0.29, 0.717) is 17.0 Å². The molecule has 2 heterocycles. The van der Waals surface area contributed by atoms with E-state index in [1.54, 1.807) is 35.4 Å². The van der Waals surface area contributed by atoms with Crippen LogP contribution in [0, 0.1) is 0 Å². The summed E-state index contributed by atoms with van der Waals surface area (Å²) in [7, 11) is 1.78. The smallest absolute Gasteiger partial charge is 0.289 e. The van der Waals surface area contributed by atoms with Crippen LogP contribution in [0.3, 0.4) is 0 Å². The maximum absolute atomic E-state index is 11.9. The van der Waals surface area contributed by atoms with Crippen molar-refractivity contribution >= 4 is 33.2 Å². The minimum absolute atomic E-state index is 0.0905. The second kappa shape index (κ2) is 5.51. The molecule has 0 N–H and O–H groups in total. The number of rotatable bonds is 4. The van der Waals surface area contributed by atoms with Gasteiger partial charge in [0, 0.05) is 18.5 Å². The highest BCUT2D eigenvalue weighted by atomic mass is 79.9. The number of nitrogens with zero attached hydrogens (tertiary/aromatic N) is 1. The van der Waals surface area contributed by atoms with Crippen molar-refractivity contribution in [3.05, 3.63) is 45.0 Å². The Morgan fingerprint density at radius 3 is 2.88 bits per heavy atom. The van der Waals surface area contributed by atoms with Crippen molar-refractivity contribution in [3.63, 3.8) is 0 Å². The molecule has 5 heteroatoms. The molecule has 0 atom stereocenters. The predicted molar refractivity (Wildman–Crippen MR) is 71.4 cm³/mol. The second-order valence-corrected chi connectivity index (χ2v) is 5.47. The average molecular weight is 314 g/mol. The summed E-state index contributed by atoms with van der Waals surface area (Å²) in [5.41, 5.74) is 0. The number of carbonyl (C=O) groups is 1. The molecule has 0 spiro atoms. The largest absolute Gasteiger partial charge is 0.444 e. The Kier molecular flexibility index (Phi) is 4.02. The Labute approximate surface area is 112 Å². The van der Waals surface area contributed by atoms with Gasteiger partial charge < -0.3 is 9.32 Å². The van der Waals surface area contributed by atoms with Gasteiger partial charge in [0.25, 0.3) is 5.91 Å². The van der Waals surface area contributed by atoms with E-state index in [9.17, 15) is 4.79 Å². The van der Waals surface area contributed by atoms with E-state index in [0.717, 1.165) is 6.42 Å². The van der Waals surface area contributed by atoms with Gasteiger partial charge in [-0.25, -0.2) is 0 Å². The number of halogens is 1. The van der Waals surface area contributed by atoms with E-state index < -0.39 is 0 Å². The molecule has 0 aliphatic heterocycles. The first-order valence-corrected chi connectivity index (χ1v) is 6.87. The van der Waals surface area contributed by atoms with Gasteiger partial charge in [-0.2, -0.15) is 0 Å². The summed E-state index contributed by atoms with van der Waals surface area (Å²) in [5, 5.41) is 2.04. The summed E-state index contributed by atoms with van der Waals surface area (Å²) in [6.07, 6.45) is 0.877. The fourth-order valence-electron chi connectivity index (χ4n) is 1.45. The van der Waals surface area contributed by atoms with Crippen molar-refractivity contribution in [1.29, 1.82) is 0 Å². The summed E-state index contributed by atoms with van der Waals surface area (Å²) in [6.45, 7) is 0.692. The summed E-state index contributed by atoms with van der Waals surface area (Å²) in [5.74, 6) is 0.276. The maximum Gasteiger partial charge on any atom is 0.289 e. The third-order valence-corrected chi connectivity index (χ3v) is 3.77. The van der Waals surface area contributed by atoms with Gasteiger partial charge >= 0.3 is 0 Å². The minimum atomic E-state index is -0.0905. The molecular formula is C12H12BrNO2S. The van der Waals surface area contributed by atoms with Gasteiger partial charge in [-0.3, -0.25) is 4.79 Å². The standard InChI is InChI=1S/C12H12BrNO2S/c1-14(7-6-9-3-2-8-17-9)12(15)10-4-5-11(13)16-10/h2-5,8H,6-7H2,1H3. The van der Waals surface area contributed by atoms with Crippen LogP contribution in [0.15, 0.2) is 38.7 Å². The first-order valence-electron chi connectivity index (χ1n) is 5.20. The fraction of sp³-hybridized carbons (Fsp3) is 0.250. The lowest BCUT2D eigenvalue weighted by molar-refractivity contribution is 0.0764. The van der Waals surface area contributed by atoms with Crippen LogP contribution in [-0.4, -0.2) is 24.4 Å². The molecule has 0 fully saturated rings. The Morgan fingerprint density at radius 1 is 1.47 bits per heavy atom. The maximum atomic E-state index is 11.9. The van der Waals surface area contributed by atoms with E-state index in [-0.39, 0.29) is 5.91 Å². The molecule has 0 radical (unpaired) electrons. The number of furan rings is 1. The van der Waals surface area contributed by atoms with E-state index in [4.69, 9.17) is 4.42 Å². The lowest BCUT2D eigenvalue weighted by Crippen LogP contribution is -2.28. The van der Waals surface area contributed by atoms with Gasteiger partial charge in [0.2, 0.25) is 0 Å². The fourth-order valence-corrected chi connectivity index (χ4v) is 2.46. The molecule has 0 saturated carbocycles. The normalized spacial score (nSPS) is 10.5. The van der Waals surface area contributed by atoms with E-state index >= 15 is 0 Å². The molecule has 0 aliphatic rings. The van der Waals surface area contributed by atoms with Crippen LogP contribution in [0.2, 0.25) is 0 Å². The molecule has 0 aromatic carbocycles. The molecule has 0 saturated heterocycles. The summed E-state index contributed by atoms with van der Waals surface area (Å²) >= 11 is 4.89. The third kappa shape index (κ3) is 3.20. The number of carbonyl (C=O) groups excluding carboxylic acids is 1. The third-order valence-electron chi connectivity index (χ3n) is 2.40. The zero-order valence-corrected chi connectivity index (χ0v) is 11.8. The first-order chi connectivity index (χ1) is 8.16. The molecule has 0 unspecified atom stereocenters. The summed E-state index contributed by atoms with van der Waals surface area (Å²) < 4.78 is 5.81. The van der Waals surface area contributed by atoms with Gasteiger partial charge in [-0.15, -0.1) is 11.3 Å². The van der Waals surface area contributed by atoms with Crippen LogP contribution in [0.25, 0.3) is 0 Å². The van der Waals surface area contributed by atoms with Crippen molar-refractivity contribution in [3.8, 4) is 0 Å². The summed E-state index contributed by atoms with van der Waals surface area (Å²) in [6, 6.07) is 7.49. The predicted octanol–water partition coefficient (Wildman–Crippen LogP) is 3.42. The highest BCUT2D eigenvalue weighted by molar-refractivity contribution is 9.10. The highest BCUT2D eigenvalue weighted by Gasteiger charge is 2.15. The molecule has 1 amide bonds. The van der Waals surface area contributed by atoms with Crippen molar-refractivity contribution in [2.75, 3.05) is 13.6 Å². The molecule has 0 aliphatic carbocycles. The average Bonchev–Trinajstić information content (AvgIpc) is 2.95. The van der Waals surface area contributed by atoms with Crippen molar-refractivity contribution in [2.45, 2.75) is 6.42 Å². The van der Waals surface area contributed by atoms with Crippen molar-refractivity contribution in [2.24, 2.45) is 0 Å². The zero-order valence-electron chi connectivity index (χ0n) is 9.35. The van der Waals surface area contributed by atoms with Crippen LogP contribution >= 0.6 is 27.3 Å². The van der Waals surface area contributed by atoms with Crippen LogP contribution in [0.4, 0.5) is 0 Å². The van der Waals surface area contributed by atoms with Crippen LogP contribution in [0.1, 0.15) is 15.4 Å². The SMILES string of the molecule is CN(CCc1cccs1)C(=O)c1ccc(Br)o1. The minimum Gasteiger partial charge on any atom is -0.444 e. The molecule has 2 aromatic heterocycles. The van der Waals surface area contributed by atoms with E-state index in [1.165, 1.54) is 4.88 Å². The monoisotopic (exact) mass is 313 g/mol. The second-order valence-electron chi connectivity index (χ2n) is 3.66. The number of thiophene rings is 1. The van der Waals surface area contributed by atoms with Crippen LogP contribution in [-0.2, 0) is 6.42 Å². The van der Waals surface area contributed by atoms with Crippen LogP contribution < -0.4 is 0 Å². The van der Waals surface area contributed by atoms with E-state index in [1.807, 2.05) is 11.4 Å². The van der Waals surface area contributed by atoms with Gasteiger partial charge in [-0.05, 0) is 45.9 Å². The van der Waals surface area contributed by atoms with Gasteiger partial charge in [0.15, 0.2) is 10.4 Å². The molecule has 0 bridgehead atoms. The van der Waals surface area contributed by atoms with Crippen molar-refractivity contribution in [1.82, 2.24) is 4.90 Å². The number of amides is 1. The van der Waals surface area contributed by atoms with Gasteiger partial charge in [-0.1, -0.05) is 6.07 Å². The number of hydrogen-bond acceptors (Lipinski definition) is 3. The molecule has 17 heavy (non-hydrogen) atoms. The molecule has 3 nitrogen and oxygen atoms in total. The molecule has 2 rings (SSSR count). The first kappa shape index (κ1) is 12.4. The number of hydrogen-bond donors (Lipinski definition) is 0. The quantitative estimate of drug-likeness (QED) is 0.866. The number of likely N-dealkylation sites (N-methyl/N-ethyl adjacent to an activating group) is 1. The van der Waals surface area contributed by atoms with Gasteiger partial charge in [0.1, 0.15) is 0 Å².